The lowest BCUT2D eigenvalue weighted by Gasteiger charge is -2.36. The van der Waals surface area contributed by atoms with E-state index in [-0.39, 0.29) is 11.1 Å². The Hall–Kier alpha value is -2.36. The Morgan fingerprint density at radius 3 is 2.25 bits per heavy atom. The van der Waals surface area contributed by atoms with Crippen LogP contribution in [0.1, 0.15) is 56.1 Å². The molecule has 2 aromatic carbocycles. The van der Waals surface area contributed by atoms with E-state index in [1.54, 1.807) is 6.07 Å². The van der Waals surface area contributed by atoms with Crippen LogP contribution < -0.4 is 0 Å². The first-order valence-corrected chi connectivity index (χ1v) is 11.7. The number of benzene rings is 2. The molecule has 0 nitrogen and oxygen atoms in total. The van der Waals surface area contributed by atoms with Gasteiger partial charge in [-0.25, -0.2) is 17.6 Å². The SMILES string of the molecule is C=CCCC=CC1CCC(C2CCc3c(ccc(-c4cc(F)c(F)c(F)c4)c3F)C2)CC1. The fourth-order valence-corrected chi connectivity index (χ4v) is 5.48. The van der Waals surface area contributed by atoms with E-state index in [1.165, 1.54) is 25.7 Å². The fourth-order valence-electron chi connectivity index (χ4n) is 5.48. The molecule has 0 amide bonds. The lowest BCUT2D eigenvalue weighted by atomic mass is 9.69. The summed E-state index contributed by atoms with van der Waals surface area (Å²) >= 11 is 0. The van der Waals surface area contributed by atoms with Crippen LogP contribution in [-0.2, 0) is 12.8 Å². The van der Waals surface area contributed by atoms with Crippen LogP contribution in [0.2, 0.25) is 0 Å². The molecular formula is C28H30F4. The summed E-state index contributed by atoms with van der Waals surface area (Å²) in [5.41, 5.74) is 1.80. The number of unbranched alkanes of at least 4 members (excludes halogenated alkanes) is 1. The molecular weight excluding hydrogens is 412 g/mol. The largest absolute Gasteiger partial charge is 0.206 e. The Bertz CT molecular complexity index is 976. The van der Waals surface area contributed by atoms with Gasteiger partial charge in [0.1, 0.15) is 5.82 Å². The molecule has 1 fully saturated rings. The van der Waals surface area contributed by atoms with E-state index < -0.39 is 23.3 Å². The van der Waals surface area contributed by atoms with Crippen LogP contribution in [0.25, 0.3) is 11.1 Å². The van der Waals surface area contributed by atoms with Gasteiger partial charge in [-0.05, 0) is 104 Å². The molecule has 1 unspecified atom stereocenters. The van der Waals surface area contributed by atoms with Crippen molar-refractivity contribution in [3.8, 4) is 11.1 Å². The normalized spacial score (nSPS) is 23.3. The van der Waals surface area contributed by atoms with Crippen LogP contribution in [0.15, 0.2) is 49.1 Å². The molecule has 0 aromatic heterocycles. The molecule has 2 aliphatic rings. The van der Waals surface area contributed by atoms with Crippen LogP contribution in [0.4, 0.5) is 17.6 Å². The molecule has 0 N–H and O–H groups in total. The topological polar surface area (TPSA) is 0 Å². The summed E-state index contributed by atoms with van der Waals surface area (Å²) in [6.07, 6.45) is 16.0. The Morgan fingerprint density at radius 2 is 1.56 bits per heavy atom. The third-order valence-electron chi connectivity index (χ3n) is 7.31. The van der Waals surface area contributed by atoms with Gasteiger partial charge in [-0.1, -0.05) is 30.4 Å². The third-order valence-corrected chi connectivity index (χ3v) is 7.31. The van der Waals surface area contributed by atoms with Crippen molar-refractivity contribution in [1.29, 1.82) is 0 Å². The highest BCUT2D eigenvalue weighted by molar-refractivity contribution is 5.66. The molecule has 4 rings (SSSR count). The summed E-state index contributed by atoms with van der Waals surface area (Å²) in [5.74, 6) is -2.67. The summed E-state index contributed by atoms with van der Waals surface area (Å²) in [4.78, 5) is 0. The molecule has 1 saturated carbocycles. The Kier molecular flexibility index (Phi) is 7.17. The van der Waals surface area contributed by atoms with Crippen LogP contribution in [0.5, 0.6) is 0 Å². The van der Waals surface area contributed by atoms with Crippen molar-refractivity contribution in [3.05, 3.63) is 83.5 Å². The minimum atomic E-state index is -1.53. The fraction of sp³-hybridized carbons (Fsp3) is 0.429. The highest BCUT2D eigenvalue weighted by Crippen LogP contribution is 2.41. The first-order valence-electron chi connectivity index (χ1n) is 11.7. The maximum atomic E-state index is 15.2. The summed E-state index contributed by atoms with van der Waals surface area (Å²) in [5, 5.41) is 0. The van der Waals surface area contributed by atoms with Gasteiger partial charge in [0.05, 0.1) is 0 Å². The zero-order valence-electron chi connectivity index (χ0n) is 18.4. The minimum absolute atomic E-state index is 0.0308. The van der Waals surface area contributed by atoms with Crippen LogP contribution in [0.3, 0.4) is 0 Å². The van der Waals surface area contributed by atoms with Gasteiger partial charge < -0.3 is 0 Å². The number of halogens is 4. The van der Waals surface area contributed by atoms with Crippen molar-refractivity contribution in [1.82, 2.24) is 0 Å². The molecule has 0 radical (unpaired) electrons. The van der Waals surface area contributed by atoms with Crippen LogP contribution in [0, 0.1) is 41.0 Å². The molecule has 0 saturated heterocycles. The number of allylic oxidation sites excluding steroid dienone is 3. The third kappa shape index (κ3) is 4.84. The van der Waals surface area contributed by atoms with Gasteiger partial charge in [-0.2, -0.15) is 0 Å². The van der Waals surface area contributed by atoms with Crippen molar-refractivity contribution >= 4 is 0 Å². The first-order chi connectivity index (χ1) is 15.5. The van der Waals surface area contributed by atoms with Gasteiger partial charge in [-0.15, -0.1) is 6.58 Å². The summed E-state index contributed by atoms with van der Waals surface area (Å²) < 4.78 is 55.8. The van der Waals surface area contributed by atoms with Gasteiger partial charge in [0, 0.05) is 5.56 Å². The molecule has 0 aliphatic heterocycles. The average molecular weight is 443 g/mol. The molecule has 2 aromatic rings. The van der Waals surface area contributed by atoms with E-state index in [0.717, 1.165) is 43.4 Å². The average Bonchev–Trinajstić information content (AvgIpc) is 2.80. The van der Waals surface area contributed by atoms with E-state index in [4.69, 9.17) is 0 Å². The zero-order chi connectivity index (χ0) is 22.7. The van der Waals surface area contributed by atoms with Gasteiger partial charge in [0.25, 0.3) is 0 Å². The Morgan fingerprint density at radius 1 is 0.844 bits per heavy atom. The van der Waals surface area contributed by atoms with Gasteiger partial charge >= 0.3 is 0 Å². The first kappa shape index (κ1) is 22.8. The molecule has 4 heteroatoms. The van der Waals surface area contributed by atoms with Crippen LogP contribution in [-0.4, -0.2) is 0 Å². The van der Waals surface area contributed by atoms with Crippen molar-refractivity contribution in [3.63, 3.8) is 0 Å². The van der Waals surface area contributed by atoms with Crippen LogP contribution >= 0.6 is 0 Å². The van der Waals surface area contributed by atoms with Crippen molar-refractivity contribution < 1.29 is 17.6 Å². The van der Waals surface area contributed by atoms with Gasteiger partial charge in [-0.3, -0.25) is 0 Å². The molecule has 0 spiro atoms. The second-order valence-electron chi connectivity index (χ2n) is 9.29. The summed E-state index contributed by atoms with van der Waals surface area (Å²) in [6.45, 7) is 3.76. The zero-order valence-corrected chi connectivity index (χ0v) is 18.4. The van der Waals surface area contributed by atoms with Gasteiger partial charge in [0.2, 0.25) is 0 Å². The van der Waals surface area contributed by atoms with Gasteiger partial charge in [0.15, 0.2) is 17.5 Å². The van der Waals surface area contributed by atoms with Crippen molar-refractivity contribution in [2.75, 3.05) is 0 Å². The van der Waals surface area contributed by atoms with E-state index in [9.17, 15) is 13.2 Å². The molecule has 2 aliphatic carbocycles. The predicted octanol–water partition coefficient (Wildman–Crippen LogP) is 8.34. The monoisotopic (exact) mass is 442 g/mol. The highest BCUT2D eigenvalue weighted by Gasteiger charge is 2.31. The molecule has 0 heterocycles. The molecule has 1 atom stereocenters. The quantitative estimate of drug-likeness (QED) is 0.182. The van der Waals surface area contributed by atoms with Crippen molar-refractivity contribution in [2.24, 2.45) is 17.8 Å². The second kappa shape index (κ2) is 10.1. The molecule has 0 bridgehead atoms. The number of hydrogen-bond acceptors (Lipinski definition) is 0. The summed E-state index contributed by atoms with van der Waals surface area (Å²) in [6, 6.07) is 5.18. The van der Waals surface area contributed by atoms with Crippen molar-refractivity contribution in [2.45, 2.75) is 57.8 Å². The lowest BCUT2D eigenvalue weighted by molar-refractivity contribution is 0.205. The Labute approximate surface area is 188 Å². The number of rotatable bonds is 6. The second-order valence-corrected chi connectivity index (χ2v) is 9.29. The predicted molar refractivity (Wildman–Crippen MR) is 121 cm³/mol. The number of fused-ring (bicyclic) bond motifs is 1. The van der Waals surface area contributed by atoms with E-state index in [0.29, 0.717) is 29.7 Å². The number of hydrogen-bond donors (Lipinski definition) is 0. The summed E-state index contributed by atoms with van der Waals surface area (Å²) in [7, 11) is 0. The van der Waals surface area contributed by atoms with E-state index in [2.05, 4.69) is 18.7 Å². The Balaban J connectivity index is 1.43. The molecule has 170 valence electrons. The smallest absolute Gasteiger partial charge is 0.194 e. The maximum absolute atomic E-state index is 15.2. The minimum Gasteiger partial charge on any atom is -0.206 e. The lowest BCUT2D eigenvalue weighted by Crippen LogP contribution is -2.26. The highest BCUT2D eigenvalue weighted by atomic mass is 19.2. The standard InChI is InChI=1S/C28H30F4/c1-2-3-4-5-6-18-7-9-19(10-8-18)20-11-13-23-21(15-20)12-14-24(27(23)31)22-16-25(29)28(32)26(30)17-22/h2,5-6,12,14,16-20H,1,3-4,7-11,13,15H2. The van der Waals surface area contributed by atoms with E-state index in [1.807, 2.05) is 12.1 Å². The van der Waals surface area contributed by atoms with E-state index >= 15 is 4.39 Å². The molecule has 32 heavy (non-hydrogen) atoms. The maximum Gasteiger partial charge on any atom is 0.194 e.